The standard InChI is InChI=1S/C13H18N6O/c1-8(2)12(14)13(20)15-10-5-4-6-11(7-10)19-9(3)16-17-18-19/h4-8,12H,14H2,1-3H3,(H,15,20)/t12-/m1/s1. The highest BCUT2D eigenvalue weighted by molar-refractivity contribution is 5.95. The molecule has 0 saturated carbocycles. The monoisotopic (exact) mass is 274 g/mol. The molecule has 1 amide bonds. The maximum Gasteiger partial charge on any atom is 0.241 e. The lowest BCUT2D eigenvalue weighted by atomic mass is 10.0. The first kappa shape index (κ1) is 14.1. The number of hydrogen-bond acceptors (Lipinski definition) is 5. The summed E-state index contributed by atoms with van der Waals surface area (Å²) in [6, 6.07) is 6.75. The van der Waals surface area contributed by atoms with Crippen LogP contribution in [0, 0.1) is 12.8 Å². The van der Waals surface area contributed by atoms with E-state index in [9.17, 15) is 4.79 Å². The van der Waals surface area contributed by atoms with Gasteiger partial charge in [-0.25, -0.2) is 0 Å². The first-order chi connectivity index (χ1) is 9.49. The number of nitrogens with one attached hydrogen (secondary N) is 1. The molecule has 2 rings (SSSR count). The summed E-state index contributed by atoms with van der Waals surface area (Å²) in [7, 11) is 0. The Bertz CT molecular complexity index is 606. The Morgan fingerprint density at radius 3 is 2.75 bits per heavy atom. The van der Waals surface area contributed by atoms with Gasteiger partial charge in [0.2, 0.25) is 5.91 Å². The van der Waals surface area contributed by atoms with Gasteiger partial charge < -0.3 is 11.1 Å². The molecule has 1 aromatic heterocycles. The van der Waals surface area contributed by atoms with Crippen LogP contribution in [-0.2, 0) is 4.79 Å². The van der Waals surface area contributed by atoms with E-state index in [0.29, 0.717) is 11.5 Å². The number of rotatable bonds is 4. The van der Waals surface area contributed by atoms with Gasteiger partial charge in [-0.1, -0.05) is 19.9 Å². The number of carbonyl (C=O) groups is 1. The highest BCUT2D eigenvalue weighted by atomic mass is 16.2. The van der Waals surface area contributed by atoms with Crippen LogP contribution in [0.4, 0.5) is 5.69 Å². The fourth-order valence-electron chi connectivity index (χ4n) is 1.71. The Morgan fingerprint density at radius 2 is 2.15 bits per heavy atom. The number of anilines is 1. The van der Waals surface area contributed by atoms with Crippen molar-refractivity contribution in [2.24, 2.45) is 11.7 Å². The van der Waals surface area contributed by atoms with Gasteiger partial charge >= 0.3 is 0 Å². The zero-order valence-electron chi connectivity index (χ0n) is 11.7. The normalized spacial score (nSPS) is 12.4. The molecule has 0 bridgehead atoms. The Kier molecular flexibility index (Phi) is 4.09. The summed E-state index contributed by atoms with van der Waals surface area (Å²) in [5, 5.41) is 14.1. The van der Waals surface area contributed by atoms with Gasteiger partial charge in [0.1, 0.15) is 0 Å². The van der Waals surface area contributed by atoms with Gasteiger partial charge in [0.15, 0.2) is 5.82 Å². The predicted octanol–water partition coefficient (Wildman–Crippen LogP) is 0.893. The van der Waals surface area contributed by atoms with E-state index in [1.165, 1.54) is 0 Å². The van der Waals surface area contributed by atoms with Crippen LogP contribution < -0.4 is 11.1 Å². The summed E-state index contributed by atoms with van der Waals surface area (Å²) in [5.41, 5.74) is 7.26. The first-order valence-electron chi connectivity index (χ1n) is 6.41. The van der Waals surface area contributed by atoms with Crippen LogP contribution in [0.15, 0.2) is 24.3 Å². The van der Waals surface area contributed by atoms with E-state index >= 15 is 0 Å². The van der Waals surface area contributed by atoms with Crippen LogP contribution >= 0.6 is 0 Å². The van der Waals surface area contributed by atoms with Gasteiger partial charge in [-0.15, -0.1) is 5.10 Å². The molecule has 0 aliphatic carbocycles. The Balaban J connectivity index is 2.19. The molecule has 0 radical (unpaired) electrons. The molecule has 106 valence electrons. The molecule has 20 heavy (non-hydrogen) atoms. The number of aromatic nitrogens is 4. The molecule has 0 aliphatic rings. The third kappa shape index (κ3) is 3.00. The van der Waals surface area contributed by atoms with Gasteiger partial charge in [0.05, 0.1) is 11.7 Å². The van der Waals surface area contributed by atoms with Crippen molar-refractivity contribution in [2.75, 3.05) is 5.32 Å². The van der Waals surface area contributed by atoms with Crippen LogP contribution in [0.2, 0.25) is 0 Å². The Hall–Kier alpha value is -2.28. The van der Waals surface area contributed by atoms with Crippen molar-refractivity contribution in [3.8, 4) is 5.69 Å². The van der Waals surface area contributed by atoms with Crippen molar-refractivity contribution in [3.63, 3.8) is 0 Å². The number of benzene rings is 1. The van der Waals surface area contributed by atoms with Crippen molar-refractivity contribution in [2.45, 2.75) is 26.8 Å². The lowest BCUT2D eigenvalue weighted by molar-refractivity contribution is -0.118. The lowest BCUT2D eigenvalue weighted by Gasteiger charge is -2.15. The average molecular weight is 274 g/mol. The molecular formula is C13H18N6O. The summed E-state index contributed by atoms with van der Waals surface area (Å²) >= 11 is 0. The SMILES string of the molecule is Cc1nnnn1-c1cccc(NC(=O)[C@H](N)C(C)C)c1. The average Bonchev–Trinajstić information content (AvgIpc) is 2.84. The third-order valence-electron chi connectivity index (χ3n) is 3.00. The summed E-state index contributed by atoms with van der Waals surface area (Å²) in [6.45, 7) is 5.62. The number of hydrogen-bond donors (Lipinski definition) is 2. The van der Waals surface area contributed by atoms with E-state index in [2.05, 4.69) is 20.8 Å². The van der Waals surface area contributed by atoms with Crippen LogP contribution in [0.5, 0.6) is 0 Å². The second-order valence-corrected chi connectivity index (χ2v) is 4.95. The number of nitrogens with zero attached hydrogens (tertiary/aromatic N) is 4. The highest BCUT2D eigenvalue weighted by Crippen LogP contribution is 2.15. The number of amides is 1. The maximum atomic E-state index is 11.9. The third-order valence-corrected chi connectivity index (χ3v) is 3.00. The minimum atomic E-state index is -0.534. The molecule has 1 atom stereocenters. The summed E-state index contributed by atoms with van der Waals surface area (Å²) < 4.78 is 1.60. The van der Waals surface area contributed by atoms with E-state index < -0.39 is 6.04 Å². The van der Waals surface area contributed by atoms with E-state index in [-0.39, 0.29) is 11.8 Å². The molecule has 2 aromatic rings. The zero-order chi connectivity index (χ0) is 14.7. The minimum Gasteiger partial charge on any atom is -0.325 e. The summed E-state index contributed by atoms with van der Waals surface area (Å²) in [4.78, 5) is 11.9. The van der Waals surface area contributed by atoms with Gasteiger partial charge in [0, 0.05) is 5.69 Å². The second kappa shape index (κ2) is 5.79. The summed E-state index contributed by atoms with van der Waals surface area (Å²) in [5.74, 6) is 0.554. The molecule has 0 saturated heterocycles. The first-order valence-corrected chi connectivity index (χ1v) is 6.41. The van der Waals surface area contributed by atoms with Crippen LogP contribution in [0.25, 0.3) is 5.69 Å². The van der Waals surface area contributed by atoms with Crippen LogP contribution in [-0.4, -0.2) is 32.2 Å². The van der Waals surface area contributed by atoms with Crippen LogP contribution in [0.3, 0.4) is 0 Å². The molecule has 3 N–H and O–H groups in total. The number of aryl methyl sites for hydroxylation is 1. The minimum absolute atomic E-state index is 0.0833. The van der Waals surface area contributed by atoms with Gasteiger partial charge in [-0.2, -0.15) is 4.68 Å². The van der Waals surface area contributed by atoms with Crippen molar-refractivity contribution in [1.82, 2.24) is 20.2 Å². The van der Waals surface area contributed by atoms with E-state index in [0.717, 1.165) is 5.69 Å². The van der Waals surface area contributed by atoms with E-state index in [4.69, 9.17) is 5.73 Å². The van der Waals surface area contributed by atoms with Gasteiger partial charge in [-0.05, 0) is 41.5 Å². The summed E-state index contributed by atoms with van der Waals surface area (Å²) in [6.07, 6.45) is 0. The van der Waals surface area contributed by atoms with E-state index in [1.807, 2.05) is 26.0 Å². The fourth-order valence-corrected chi connectivity index (χ4v) is 1.71. The number of carbonyl (C=O) groups excluding carboxylic acids is 1. The Morgan fingerprint density at radius 1 is 1.40 bits per heavy atom. The Labute approximate surface area is 117 Å². The molecule has 0 unspecified atom stereocenters. The van der Waals surface area contributed by atoms with Crippen molar-refractivity contribution in [1.29, 1.82) is 0 Å². The predicted molar refractivity (Wildman–Crippen MR) is 75.3 cm³/mol. The van der Waals surface area contributed by atoms with Gasteiger partial charge in [0.25, 0.3) is 0 Å². The van der Waals surface area contributed by atoms with Crippen molar-refractivity contribution < 1.29 is 4.79 Å². The fraction of sp³-hybridized carbons (Fsp3) is 0.385. The largest absolute Gasteiger partial charge is 0.325 e. The molecule has 7 nitrogen and oxygen atoms in total. The number of nitrogens with two attached hydrogens (primary N) is 1. The molecule has 7 heteroatoms. The number of tetrazole rings is 1. The van der Waals surface area contributed by atoms with Gasteiger partial charge in [-0.3, -0.25) is 4.79 Å². The molecule has 0 spiro atoms. The molecule has 0 aliphatic heterocycles. The van der Waals surface area contributed by atoms with Crippen molar-refractivity contribution >= 4 is 11.6 Å². The highest BCUT2D eigenvalue weighted by Gasteiger charge is 2.17. The molecule has 0 fully saturated rings. The zero-order valence-corrected chi connectivity index (χ0v) is 11.7. The smallest absolute Gasteiger partial charge is 0.241 e. The van der Waals surface area contributed by atoms with Crippen molar-refractivity contribution in [3.05, 3.63) is 30.1 Å². The molecule has 1 heterocycles. The quantitative estimate of drug-likeness (QED) is 0.862. The topological polar surface area (TPSA) is 98.7 Å². The van der Waals surface area contributed by atoms with Crippen LogP contribution in [0.1, 0.15) is 19.7 Å². The lowest BCUT2D eigenvalue weighted by Crippen LogP contribution is -2.39. The molecular weight excluding hydrogens is 256 g/mol. The molecule has 1 aromatic carbocycles. The van der Waals surface area contributed by atoms with E-state index in [1.54, 1.807) is 23.7 Å². The maximum absolute atomic E-state index is 11.9. The second-order valence-electron chi connectivity index (χ2n) is 4.95.